The molecule has 0 radical (unpaired) electrons. The lowest BCUT2D eigenvalue weighted by Crippen LogP contribution is -2.37. The molecule has 17 heavy (non-hydrogen) atoms. The summed E-state index contributed by atoms with van der Waals surface area (Å²) in [5, 5.41) is 4.12. The van der Waals surface area contributed by atoms with Gasteiger partial charge in [0, 0.05) is 30.2 Å². The van der Waals surface area contributed by atoms with E-state index in [1.807, 2.05) is 29.2 Å². The molecule has 2 aliphatic rings. The van der Waals surface area contributed by atoms with Crippen molar-refractivity contribution in [2.45, 2.75) is 12.8 Å². The summed E-state index contributed by atoms with van der Waals surface area (Å²) in [6, 6.07) is 7.73. The predicted molar refractivity (Wildman–Crippen MR) is 67.3 cm³/mol. The Hall–Kier alpha value is -1.48. The molecule has 0 saturated carbocycles. The lowest BCUT2D eigenvalue weighted by atomic mass is 10.1. The van der Waals surface area contributed by atoms with Crippen molar-refractivity contribution in [3.05, 3.63) is 40.5 Å². The number of hydrogen-bond acceptors (Lipinski definition) is 2. The Morgan fingerprint density at radius 2 is 1.94 bits per heavy atom. The standard InChI is InChI=1S/C13H13ClN2O/c14-10-3-1-9(2-4-10)13-11-5-6-12(17)16(11)8-7-15-13/h1-4,15H,5-8H2. The van der Waals surface area contributed by atoms with Gasteiger partial charge in [-0.15, -0.1) is 0 Å². The van der Waals surface area contributed by atoms with E-state index in [-0.39, 0.29) is 5.91 Å². The van der Waals surface area contributed by atoms with Crippen LogP contribution < -0.4 is 5.32 Å². The molecule has 1 amide bonds. The van der Waals surface area contributed by atoms with Crippen LogP contribution in [0.2, 0.25) is 5.02 Å². The van der Waals surface area contributed by atoms with Crippen LogP contribution in [0.5, 0.6) is 0 Å². The van der Waals surface area contributed by atoms with Crippen LogP contribution in [0.15, 0.2) is 30.0 Å². The van der Waals surface area contributed by atoms with Gasteiger partial charge in [-0.3, -0.25) is 4.79 Å². The van der Waals surface area contributed by atoms with Gasteiger partial charge in [0.1, 0.15) is 0 Å². The van der Waals surface area contributed by atoms with Crippen molar-refractivity contribution >= 4 is 23.2 Å². The number of allylic oxidation sites excluding steroid dienone is 1. The normalized spacial score (nSPS) is 19.4. The van der Waals surface area contributed by atoms with Crippen LogP contribution in [0.3, 0.4) is 0 Å². The number of hydrogen-bond donors (Lipinski definition) is 1. The fraction of sp³-hybridized carbons (Fsp3) is 0.308. The molecule has 2 heterocycles. The Balaban J connectivity index is 2.04. The first-order chi connectivity index (χ1) is 8.25. The maximum absolute atomic E-state index is 11.7. The summed E-state index contributed by atoms with van der Waals surface area (Å²) in [5.41, 5.74) is 3.31. The molecule has 0 spiro atoms. The van der Waals surface area contributed by atoms with E-state index in [2.05, 4.69) is 5.32 Å². The summed E-state index contributed by atoms with van der Waals surface area (Å²) in [5.74, 6) is 0.243. The molecule has 4 heteroatoms. The first kappa shape index (κ1) is 10.7. The van der Waals surface area contributed by atoms with E-state index in [1.54, 1.807) is 0 Å². The minimum atomic E-state index is 0.243. The SMILES string of the molecule is O=C1CCC2=C(c3ccc(Cl)cc3)NCCN12. The second kappa shape index (κ2) is 4.08. The molecule has 1 fully saturated rings. The van der Waals surface area contributed by atoms with Gasteiger partial charge in [0.25, 0.3) is 0 Å². The van der Waals surface area contributed by atoms with Crippen molar-refractivity contribution in [2.75, 3.05) is 13.1 Å². The number of amides is 1. The Kier molecular flexibility index (Phi) is 2.56. The number of carbonyl (C=O) groups excluding carboxylic acids is 1. The van der Waals surface area contributed by atoms with E-state index < -0.39 is 0 Å². The smallest absolute Gasteiger partial charge is 0.227 e. The molecule has 1 aromatic rings. The number of halogens is 1. The van der Waals surface area contributed by atoms with Crippen molar-refractivity contribution in [1.29, 1.82) is 0 Å². The molecule has 0 unspecified atom stereocenters. The van der Waals surface area contributed by atoms with E-state index in [0.29, 0.717) is 6.42 Å². The minimum Gasteiger partial charge on any atom is -0.381 e. The van der Waals surface area contributed by atoms with Gasteiger partial charge in [-0.1, -0.05) is 23.7 Å². The number of carbonyl (C=O) groups is 1. The Morgan fingerprint density at radius 1 is 1.18 bits per heavy atom. The first-order valence-corrected chi connectivity index (χ1v) is 6.17. The number of rotatable bonds is 1. The molecule has 0 atom stereocenters. The third kappa shape index (κ3) is 1.80. The zero-order valence-electron chi connectivity index (χ0n) is 9.37. The minimum absolute atomic E-state index is 0.243. The maximum atomic E-state index is 11.7. The van der Waals surface area contributed by atoms with E-state index in [0.717, 1.165) is 41.5 Å². The molecule has 1 saturated heterocycles. The van der Waals surface area contributed by atoms with Crippen molar-refractivity contribution in [3.63, 3.8) is 0 Å². The second-order valence-corrected chi connectivity index (χ2v) is 4.74. The van der Waals surface area contributed by atoms with Crippen LogP contribution in [0, 0.1) is 0 Å². The molecule has 88 valence electrons. The fourth-order valence-corrected chi connectivity index (χ4v) is 2.57. The van der Waals surface area contributed by atoms with Gasteiger partial charge in [-0.25, -0.2) is 0 Å². The third-order valence-corrected chi connectivity index (χ3v) is 3.51. The van der Waals surface area contributed by atoms with Gasteiger partial charge in [0.2, 0.25) is 5.91 Å². The molecular formula is C13H13ClN2O. The van der Waals surface area contributed by atoms with E-state index in [4.69, 9.17) is 11.6 Å². The van der Waals surface area contributed by atoms with Crippen LogP contribution in [0.4, 0.5) is 0 Å². The Labute approximate surface area is 105 Å². The summed E-state index contributed by atoms with van der Waals surface area (Å²) in [6.45, 7) is 1.60. The van der Waals surface area contributed by atoms with Gasteiger partial charge in [0.15, 0.2) is 0 Å². The molecule has 1 aromatic carbocycles. The average molecular weight is 249 g/mol. The molecular weight excluding hydrogens is 236 g/mol. The largest absolute Gasteiger partial charge is 0.381 e. The van der Waals surface area contributed by atoms with Crippen molar-refractivity contribution in [1.82, 2.24) is 10.2 Å². The van der Waals surface area contributed by atoms with Crippen LogP contribution >= 0.6 is 11.6 Å². The van der Waals surface area contributed by atoms with Gasteiger partial charge in [-0.2, -0.15) is 0 Å². The van der Waals surface area contributed by atoms with Crippen molar-refractivity contribution < 1.29 is 4.79 Å². The molecule has 0 aromatic heterocycles. The topological polar surface area (TPSA) is 32.3 Å². The summed E-state index contributed by atoms with van der Waals surface area (Å²) < 4.78 is 0. The Bertz CT molecular complexity index is 493. The number of nitrogens with one attached hydrogen (secondary N) is 1. The summed E-state index contributed by atoms with van der Waals surface area (Å²) >= 11 is 5.88. The maximum Gasteiger partial charge on any atom is 0.227 e. The fourth-order valence-electron chi connectivity index (χ4n) is 2.45. The average Bonchev–Trinajstić information content (AvgIpc) is 2.73. The molecule has 3 nitrogen and oxygen atoms in total. The highest BCUT2D eigenvalue weighted by atomic mass is 35.5. The first-order valence-electron chi connectivity index (χ1n) is 5.79. The van der Waals surface area contributed by atoms with Gasteiger partial charge in [0.05, 0.1) is 5.70 Å². The summed E-state index contributed by atoms with van der Waals surface area (Å²) in [6.07, 6.45) is 1.47. The number of nitrogens with zero attached hydrogens (tertiary/aromatic N) is 1. The lowest BCUT2D eigenvalue weighted by molar-refractivity contribution is -0.126. The summed E-state index contributed by atoms with van der Waals surface area (Å²) in [7, 11) is 0. The lowest BCUT2D eigenvalue weighted by Gasteiger charge is -2.28. The number of benzene rings is 1. The van der Waals surface area contributed by atoms with Gasteiger partial charge < -0.3 is 10.2 Å². The molecule has 2 aliphatic heterocycles. The molecule has 1 N–H and O–H groups in total. The second-order valence-electron chi connectivity index (χ2n) is 4.30. The zero-order valence-corrected chi connectivity index (χ0v) is 10.1. The van der Waals surface area contributed by atoms with E-state index in [1.165, 1.54) is 0 Å². The summed E-state index contributed by atoms with van der Waals surface area (Å²) in [4.78, 5) is 13.6. The molecule has 3 rings (SSSR count). The monoisotopic (exact) mass is 248 g/mol. The molecule has 0 bridgehead atoms. The highest BCUT2D eigenvalue weighted by molar-refractivity contribution is 6.30. The van der Waals surface area contributed by atoms with Crippen LogP contribution in [0.25, 0.3) is 5.70 Å². The van der Waals surface area contributed by atoms with Gasteiger partial charge in [-0.05, 0) is 24.1 Å². The molecule has 0 aliphatic carbocycles. The van der Waals surface area contributed by atoms with Crippen LogP contribution in [0.1, 0.15) is 18.4 Å². The van der Waals surface area contributed by atoms with Crippen molar-refractivity contribution in [3.8, 4) is 0 Å². The Morgan fingerprint density at radius 3 is 2.71 bits per heavy atom. The highest BCUT2D eigenvalue weighted by Crippen LogP contribution is 2.31. The zero-order chi connectivity index (χ0) is 11.8. The van der Waals surface area contributed by atoms with Crippen LogP contribution in [-0.2, 0) is 4.79 Å². The van der Waals surface area contributed by atoms with Gasteiger partial charge >= 0.3 is 0 Å². The van der Waals surface area contributed by atoms with E-state index in [9.17, 15) is 4.79 Å². The number of fused-ring (bicyclic) bond motifs is 1. The quantitative estimate of drug-likeness (QED) is 0.827. The third-order valence-electron chi connectivity index (χ3n) is 3.26. The highest BCUT2D eigenvalue weighted by Gasteiger charge is 2.31. The van der Waals surface area contributed by atoms with Crippen molar-refractivity contribution in [2.24, 2.45) is 0 Å². The van der Waals surface area contributed by atoms with Crippen LogP contribution in [-0.4, -0.2) is 23.9 Å². The van der Waals surface area contributed by atoms with E-state index >= 15 is 0 Å². The predicted octanol–water partition coefficient (Wildman–Crippen LogP) is 2.23.